The maximum absolute atomic E-state index is 12.7. The Labute approximate surface area is 371 Å². The van der Waals surface area contributed by atoms with E-state index in [2.05, 4.69) is 50.3 Å². The van der Waals surface area contributed by atoms with E-state index in [4.69, 9.17) is 24.3 Å². The van der Waals surface area contributed by atoms with Gasteiger partial charge in [-0.1, -0.05) is 204 Å². The van der Waals surface area contributed by atoms with E-state index in [-0.39, 0.29) is 32.3 Å². The Balaban J connectivity index is 3.91. The van der Waals surface area contributed by atoms with Crippen LogP contribution >= 0.6 is 7.82 Å². The van der Waals surface area contributed by atoms with Crippen molar-refractivity contribution in [2.24, 2.45) is 5.73 Å². The Hall–Kier alpha value is -1.28. The molecule has 0 heterocycles. The SMILES string of the molecule is CCCCCCC/C=C\C/C=C\CCCCCCCCCCCCCCCC(=O)OC(COCCCCCCCC/C=C\CCCCCCCC)COP(=O)(O)OCCN. The minimum absolute atomic E-state index is 0.0960. The highest BCUT2D eigenvalue weighted by atomic mass is 31.2. The normalized spacial score (nSPS) is 13.6. The molecule has 0 aromatic rings. The van der Waals surface area contributed by atoms with Gasteiger partial charge in [0.05, 0.1) is 19.8 Å². The lowest BCUT2D eigenvalue weighted by Gasteiger charge is -2.20. The lowest BCUT2D eigenvalue weighted by atomic mass is 10.0. The lowest BCUT2D eigenvalue weighted by Crippen LogP contribution is -2.28. The molecule has 0 aliphatic heterocycles. The molecule has 0 saturated carbocycles. The van der Waals surface area contributed by atoms with Crippen LogP contribution < -0.4 is 5.73 Å². The molecule has 0 aliphatic carbocycles. The summed E-state index contributed by atoms with van der Waals surface area (Å²) in [6.07, 6.45) is 57.5. The van der Waals surface area contributed by atoms with Gasteiger partial charge < -0.3 is 20.1 Å². The second kappa shape index (κ2) is 48.7. The van der Waals surface area contributed by atoms with Gasteiger partial charge in [0.15, 0.2) is 0 Å². The Kier molecular flexibility index (Phi) is 47.7. The first kappa shape index (κ1) is 58.7. The van der Waals surface area contributed by atoms with E-state index < -0.39 is 13.9 Å². The molecule has 0 bridgehead atoms. The maximum atomic E-state index is 12.7. The van der Waals surface area contributed by atoms with Crippen molar-refractivity contribution in [3.05, 3.63) is 36.5 Å². The third-order valence-corrected chi connectivity index (χ3v) is 12.0. The van der Waals surface area contributed by atoms with Gasteiger partial charge in [0.1, 0.15) is 6.10 Å². The second-order valence-electron chi connectivity index (χ2n) is 17.0. The summed E-state index contributed by atoms with van der Waals surface area (Å²) >= 11 is 0. The first-order valence-electron chi connectivity index (χ1n) is 25.5. The Morgan fingerprint density at radius 1 is 0.500 bits per heavy atom. The van der Waals surface area contributed by atoms with Gasteiger partial charge in [-0.05, 0) is 70.6 Å². The molecule has 2 unspecified atom stereocenters. The standard InChI is InChI=1S/C51H98NO7P/c1-3-5-7-9-11-13-15-17-19-21-22-23-24-25-26-27-28-29-30-32-34-36-38-40-42-44-51(53)59-50(49-58-60(54,55)57-47-45-52)48-56-46-43-41-39-37-35-33-31-20-18-16-14-12-10-8-6-4-2/h15,17-18,20-22,50H,3-14,16,19,23-49,52H2,1-2H3,(H,54,55)/b17-15-,20-18-,22-21-. The highest BCUT2D eigenvalue weighted by Gasteiger charge is 2.25. The number of phosphoric acid groups is 1. The number of phosphoric ester groups is 1. The van der Waals surface area contributed by atoms with Crippen LogP contribution in [0.4, 0.5) is 0 Å². The molecular formula is C51H98NO7P. The first-order chi connectivity index (χ1) is 29.4. The molecule has 0 rings (SSSR count). The van der Waals surface area contributed by atoms with Gasteiger partial charge >= 0.3 is 13.8 Å². The molecule has 60 heavy (non-hydrogen) atoms. The number of hydrogen-bond donors (Lipinski definition) is 2. The van der Waals surface area contributed by atoms with Crippen molar-refractivity contribution < 1.29 is 32.8 Å². The highest BCUT2D eigenvalue weighted by Crippen LogP contribution is 2.43. The molecule has 2 atom stereocenters. The van der Waals surface area contributed by atoms with Crippen molar-refractivity contribution in [2.45, 2.75) is 251 Å². The third kappa shape index (κ3) is 47.8. The van der Waals surface area contributed by atoms with Crippen LogP contribution in [0.15, 0.2) is 36.5 Å². The smallest absolute Gasteiger partial charge is 0.457 e. The van der Waals surface area contributed by atoms with E-state index in [0.29, 0.717) is 13.0 Å². The summed E-state index contributed by atoms with van der Waals surface area (Å²) in [5, 5.41) is 0. The molecule has 354 valence electrons. The fourth-order valence-corrected chi connectivity index (χ4v) is 8.02. The molecular weight excluding hydrogens is 770 g/mol. The van der Waals surface area contributed by atoms with Crippen LogP contribution in [-0.4, -0.2) is 49.9 Å². The van der Waals surface area contributed by atoms with E-state index in [0.717, 1.165) is 38.5 Å². The Bertz CT molecular complexity index is 1020. The summed E-state index contributed by atoms with van der Waals surface area (Å²) in [5.74, 6) is -0.330. The van der Waals surface area contributed by atoms with Crippen molar-refractivity contribution in [3.63, 3.8) is 0 Å². The van der Waals surface area contributed by atoms with E-state index in [1.165, 1.54) is 186 Å². The number of carbonyl (C=O) groups is 1. The topological polar surface area (TPSA) is 117 Å². The Morgan fingerprint density at radius 3 is 1.32 bits per heavy atom. The van der Waals surface area contributed by atoms with Crippen molar-refractivity contribution in [1.29, 1.82) is 0 Å². The molecule has 0 amide bonds. The summed E-state index contributed by atoms with van der Waals surface area (Å²) in [6.45, 7) is 4.93. The fraction of sp³-hybridized carbons (Fsp3) is 0.863. The second-order valence-corrected chi connectivity index (χ2v) is 18.5. The number of nitrogens with two attached hydrogens (primary N) is 1. The molecule has 3 N–H and O–H groups in total. The number of hydrogen-bond acceptors (Lipinski definition) is 7. The number of ether oxygens (including phenoxy) is 2. The summed E-state index contributed by atoms with van der Waals surface area (Å²) < 4.78 is 33.6. The monoisotopic (exact) mass is 868 g/mol. The lowest BCUT2D eigenvalue weighted by molar-refractivity contribution is -0.154. The van der Waals surface area contributed by atoms with E-state index in [9.17, 15) is 14.3 Å². The van der Waals surface area contributed by atoms with Gasteiger partial charge in [-0.2, -0.15) is 0 Å². The molecule has 0 spiro atoms. The highest BCUT2D eigenvalue weighted by molar-refractivity contribution is 7.47. The van der Waals surface area contributed by atoms with Gasteiger partial charge in [-0.3, -0.25) is 13.8 Å². The number of allylic oxidation sites excluding steroid dienone is 6. The van der Waals surface area contributed by atoms with Crippen LogP contribution in [0.5, 0.6) is 0 Å². The largest absolute Gasteiger partial charge is 0.472 e. The predicted octanol–water partition coefficient (Wildman–Crippen LogP) is 15.8. The van der Waals surface area contributed by atoms with Crippen LogP contribution in [0.1, 0.15) is 245 Å². The minimum Gasteiger partial charge on any atom is -0.457 e. The molecule has 9 heteroatoms. The van der Waals surface area contributed by atoms with Gasteiger partial charge in [0.25, 0.3) is 0 Å². The van der Waals surface area contributed by atoms with E-state index in [1.807, 2.05) is 0 Å². The summed E-state index contributed by atoms with van der Waals surface area (Å²) in [4.78, 5) is 22.6. The maximum Gasteiger partial charge on any atom is 0.472 e. The van der Waals surface area contributed by atoms with Crippen LogP contribution in [0, 0.1) is 0 Å². The zero-order chi connectivity index (χ0) is 43.7. The van der Waals surface area contributed by atoms with Crippen LogP contribution in [0.3, 0.4) is 0 Å². The number of rotatable bonds is 49. The predicted molar refractivity (Wildman–Crippen MR) is 256 cm³/mol. The van der Waals surface area contributed by atoms with Gasteiger partial charge in [0.2, 0.25) is 0 Å². The average molecular weight is 868 g/mol. The fourth-order valence-electron chi connectivity index (χ4n) is 7.26. The van der Waals surface area contributed by atoms with Crippen LogP contribution in [0.2, 0.25) is 0 Å². The van der Waals surface area contributed by atoms with Gasteiger partial charge in [0, 0.05) is 19.6 Å². The molecule has 0 radical (unpaired) electrons. The zero-order valence-corrected chi connectivity index (χ0v) is 40.3. The third-order valence-electron chi connectivity index (χ3n) is 11.0. The Morgan fingerprint density at radius 2 is 0.883 bits per heavy atom. The van der Waals surface area contributed by atoms with E-state index in [1.54, 1.807) is 0 Å². The summed E-state index contributed by atoms with van der Waals surface area (Å²) in [7, 11) is -4.28. The molecule has 0 aromatic carbocycles. The molecule has 0 saturated heterocycles. The average Bonchev–Trinajstić information content (AvgIpc) is 3.24. The molecule has 0 aliphatic rings. The van der Waals surface area contributed by atoms with Gasteiger partial charge in [-0.15, -0.1) is 0 Å². The molecule has 0 fully saturated rings. The van der Waals surface area contributed by atoms with Gasteiger partial charge in [-0.25, -0.2) is 4.57 Å². The van der Waals surface area contributed by atoms with Crippen molar-refractivity contribution >= 4 is 13.8 Å². The summed E-state index contributed by atoms with van der Waals surface area (Å²) in [5.41, 5.74) is 5.39. The number of esters is 1. The van der Waals surface area contributed by atoms with Crippen LogP contribution in [-0.2, 0) is 27.9 Å². The summed E-state index contributed by atoms with van der Waals surface area (Å²) in [6, 6.07) is 0. The van der Waals surface area contributed by atoms with Crippen LogP contribution in [0.25, 0.3) is 0 Å². The molecule has 0 aromatic heterocycles. The van der Waals surface area contributed by atoms with E-state index >= 15 is 0 Å². The zero-order valence-electron chi connectivity index (χ0n) is 39.5. The van der Waals surface area contributed by atoms with Crippen molar-refractivity contribution in [1.82, 2.24) is 0 Å². The minimum atomic E-state index is -4.28. The van der Waals surface area contributed by atoms with Crippen molar-refractivity contribution in [2.75, 3.05) is 33.0 Å². The molecule has 8 nitrogen and oxygen atoms in total. The quantitative estimate of drug-likeness (QED) is 0.0269. The van der Waals surface area contributed by atoms with Crippen molar-refractivity contribution in [3.8, 4) is 0 Å². The first-order valence-corrected chi connectivity index (χ1v) is 27.0. The number of unbranched alkanes of at least 4 members (excludes halogenated alkanes) is 30. The number of carbonyl (C=O) groups excluding carboxylic acids is 1.